The van der Waals surface area contributed by atoms with Crippen molar-refractivity contribution in [2.45, 2.75) is 6.92 Å². The van der Waals surface area contributed by atoms with Crippen LogP contribution in [0.5, 0.6) is 0 Å². The molecule has 28 heavy (non-hydrogen) atoms. The molecule has 1 fully saturated rings. The van der Waals surface area contributed by atoms with Crippen molar-refractivity contribution in [2.24, 2.45) is 0 Å². The number of hydrogen-bond acceptors (Lipinski definition) is 5. The quantitative estimate of drug-likeness (QED) is 0.722. The number of thioether (sulfide) groups is 1. The van der Waals surface area contributed by atoms with E-state index in [2.05, 4.69) is 10.3 Å². The first-order valence-electron chi connectivity index (χ1n) is 8.93. The summed E-state index contributed by atoms with van der Waals surface area (Å²) < 4.78 is 6.04. The Balaban J connectivity index is 1.74. The lowest BCUT2D eigenvalue weighted by Gasteiger charge is -2.13. The van der Waals surface area contributed by atoms with Crippen molar-refractivity contribution >= 4 is 29.3 Å². The Morgan fingerprint density at radius 3 is 2.46 bits per heavy atom. The van der Waals surface area contributed by atoms with Crippen LogP contribution < -0.4 is 5.32 Å². The Morgan fingerprint density at radius 2 is 1.82 bits per heavy atom. The first-order valence-corrected chi connectivity index (χ1v) is 10.1. The van der Waals surface area contributed by atoms with Crippen molar-refractivity contribution in [2.75, 3.05) is 23.5 Å². The summed E-state index contributed by atoms with van der Waals surface area (Å²) in [7, 11) is 0. The molecule has 0 aliphatic carbocycles. The van der Waals surface area contributed by atoms with Crippen LogP contribution in [0.4, 0.5) is 5.69 Å². The van der Waals surface area contributed by atoms with E-state index in [4.69, 9.17) is 4.42 Å². The average molecular weight is 393 g/mol. The zero-order valence-electron chi connectivity index (χ0n) is 15.3. The van der Waals surface area contributed by atoms with Gasteiger partial charge in [0.25, 0.3) is 5.91 Å². The van der Waals surface area contributed by atoms with Gasteiger partial charge in [0.15, 0.2) is 11.5 Å². The number of benzene rings is 2. The Kier molecular flexibility index (Phi) is 5.16. The number of nitrogens with zero attached hydrogens (tertiary/aromatic N) is 2. The van der Waals surface area contributed by atoms with Gasteiger partial charge in [-0.1, -0.05) is 18.2 Å². The third-order valence-electron chi connectivity index (χ3n) is 4.36. The minimum Gasteiger partial charge on any atom is -0.435 e. The number of carbonyl (C=O) groups excluding carboxylic acids is 2. The van der Waals surface area contributed by atoms with Crippen molar-refractivity contribution < 1.29 is 14.0 Å². The largest absolute Gasteiger partial charge is 0.435 e. The highest BCUT2D eigenvalue weighted by molar-refractivity contribution is 7.99. The molecule has 6 nitrogen and oxygen atoms in total. The molecule has 1 aliphatic heterocycles. The lowest BCUT2D eigenvalue weighted by Crippen LogP contribution is -2.28. The fourth-order valence-corrected chi connectivity index (χ4v) is 3.94. The van der Waals surface area contributed by atoms with Crippen LogP contribution in [0.1, 0.15) is 17.4 Å². The molecule has 0 radical (unpaired) electrons. The van der Waals surface area contributed by atoms with E-state index < -0.39 is 0 Å². The molecule has 1 aliphatic rings. The molecule has 3 aromatic rings. The van der Waals surface area contributed by atoms with E-state index in [1.807, 2.05) is 42.5 Å². The third kappa shape index (κ3) is 3.80. The van der Waals surface area contributed by atoms with Crippen LogP contribution in [0.2, 0.25) is 0 Å². The Morgan fingerprint density at radius 1 is 1.07 bits per heavy atom. The van der Waals surface area contributed by atoms with Crippen LogP contribution in [0.15, 0.2) is 59.0 Å². The number of carbonyl (C=O) groups is 2. The summed E-state index contributed by atoms with van der Waals surface area (Å²) in [5.41, 5.74) is 2.55. The molecule has 2 amide bonds. The van der Waals surface area contributed by atoms with Crippen LogP contribution in [-0.4, -0.2) is 39.9 Å². The van der Waals surface area contributed by atoms with Gasteiger partial charge in [-0.15, -0.1) is 11.8 Å². The Bertz CT molecular complexity index is 993. The van der Waals surface area contributed by atoms with Crippen molar-refractivity contribution in [1.29, 1.82) is 0 Å². The predicted molar refractivity (Wildman–Crippen MR) is 110 cm³/mol. The van der Waals surface area contributed by atoms with Gasteiger partial charge < -0.3 is 14.6 Å². The molecule has 4 rings (SSSR count). The number of rotatable bonds is 4. The molecule has 1 aromatic heterocycles. The van der Waals surface area contributed by atoms with Crippen molar-refractivity contribution in [3.63, 3.8) is 0 Å². The van der Waals surface area contributed by atoms with Crippen LogP contribution in [-0.2, 0) is 4.79 Å². The van der Waals surface area contributed by atoms with E-state index in [9.17, 15) is 9.59 Å². The maximum Gasteiger partial charge on any atom is 0.277 e. The lowest BCUT2D eigenvalue weighted by molar-refractivity contribution is -0.114. The lowest BCUT2D eigenvalue weighted by atomic mass is 10.1. The normalized spacial score (nSPS) is 13.5. The van der Waals surface area contributed by atoms with Gasteiger partial charge in [0.05, 0.1) is 5.88 Å². The fourth-order valence-electron chi connectivity index (χ4n) is 3.00. The van der Waals surface area contributed by atoms with Gasteiger partial charge in [0, 0.05) is 36.0 Å². The first-order chi connectivity index (χ1) is 13.6. The predicted octanol–water partition coefficient (Wildman–Crippen LogP) is 4.11. The van der Waals surface area contributed by atoms with E-state index in [0.717, 1.165) is 16.9 Å². The number of anilines is 1. The standard InChI is InChI=1S/C21H19N3O3S/c1-14(25)22-17-9-7-15(8-10-17)19-18(21(26)24-11-12-28-13-24)23-20(27-19)16-5-3-2-4-6-16/h2-10H,11-13H2,1H3,(H,22,25). The van der Waals surface area contributed by atoms with Crippen LogP contribution in [0, 0.1) is 0 Å². The number of nitrogens with one attached hydrogen (secondary N) is 1. The van der Waals surface area contributed by atoms with Crippen molar-refractivity contribution in [3.8, 4) is 22.8 Å². The van der Waals surface area contributed by atoms with Gasteiger partial charge in [0.1, 0.15) is 0 Å². The second-order valence-corrected chi connectivity index (χ2v) is 7.50. The molecule has 0 atom stereocenters. The highest BCUT2D eigenvalue weighted by atomic mass is 32.2. The molecule has 1 N–H and O–H groups in total. The van der Waals surface area contributed by atoms with Gasteiger partial charge in [-0.3, -0.25) is 9.59 Å². The Labute approximate surface area is 166 Å². The minimum absolute atomic E-state index is 0.128. The molecular formula is C21H19N3O3S. The third-order valence-corrected chi connectivity index (χ3v) is 5.32. The van der Waals surface area contributed by atoms with Crippen LogP contribution in [0.25, 0.3) is 22.8 Å². The van der Waals surface area contributed by atoms with E-state index in [1.165, 1.54) is 6.92 Å². The molecule has 7 heteroatoms. The monoisotopic (exact) mass is 393 g/mol. The van der Waals surface area contributed by atoms with Gasteiger partial charge in [-0.2, -0.15) is 0 Å². The van der Waals surface area contributed by atoms with E-state index in [1.54, 1.807) is 28.8 Å². The zero-order chi connectivity index (χ0) is 19.5. The molecule has 142 valence electrons. The van der Waals surface area contributed by atoms with Gasteiger partial charge in [-0.25, -0.2) is 4.98 Å². The number of amides is 2. The van der Waals surface area contributed by atoms with E-state index >= 15 is 0 Å². The smallest absolute Gasteiger partial charge is 0.277 e. The highest BCUT2D eigenvalue weighted by Gasteiger charge is 2.28. The molecule has 1 saturated heterocycles. The molecule has 0 bridgehead atoms. The summed E-state index contributed by atoms with van der Waals surface area (Å²) in [5.74, 6) is 2.17. The summed E-state index contributed by atoms with van der Waals surface area (Å²) in [4.78, 5) is 30.6. The second-order valence-electron chi connectivity index (χ2n) is 6.43. The number of hydrogen-bond donors (Lipinski definition) is 1. The molecule has 0 saturated carbocycles. The van der Waals surface area contributed by atoms with E-state index in [0.29, 0.717) is 35.5 Å². The maximum atomic E-state index is 13.0. The Hall–Kier alpha value is -3.06. The molecule has 2 heterocycles. The number of aromatic nitrogens is 1. The van der Waals surface area contributed by atoms with Gasteiger partial charge in [-0.05, 0) is 36.4 Å². The second kappa shape index (κ2) is 7.90. The highest BCUT2D eigenvalue weighted by Crippen LogP contribution is 2.32. The summed E-state index contributed by atoms with van der Waals surface area (Å²) in [6.07, 6.45) is 0. The van der Waals surface area contributed by atoms with Crippen molar-refractivity contribution in [3.05, 3.63) is 60.3 Å². The first kappa shape index (κ1) is 18.3. The van der Waals surface area contributed by atoms with E-state index in [-0.39, 0.29) is 11.8 Å². The summed E-state index contributed by atoms with van der Waals surface area (Å²) in [5, 5.41) is 2.73. The van der Waals surface area contributed by atoms with Crippen molar-refractivity contribution in [1.82, 2.24) is 9.88 Å². The van der Waals surface area contributed by atoms with Gasteiger partial charge >= 0.3 is 0 Å². The minimum atomic E-state index is -0.138. The average Bonchev–Trinajstić information content (AvgIpc) is 3.39. The summed E-state index contributed by atoms with van der Waals surface area (Å²) >= 11 is 1.72. The van der Waals surface area contributed by atoms with Gasteiger partial charge in [0.2, 0.25) is 11.8 Å². The molecule has 2 aromatic carbocycles. The fraction of sp³-hybridized carbons (Fsp3) is 0.190. The molecular weight excluding hydrogens is 374 g/mol. The summed E-state index contributed by atoms with van der Waals surface area (Å²) in [6.45, 7) is 2.17. The SMILES string of the molecule is CC(=O)Nc1ccc(-c2oc(-c3ccccc3)nc2C(=O)N2CCSC2)cc1. The number of oxazole rings is 1. The zero-order valence-corrected chi connectivity index (χ0v) is 16.2. The molecule has 0 spiro atoms. The molecule has 0 unspecified atom stereocenters. The topological polar surface area (TPSA) is 75.4 Å². The maximum absolute atomic E-state index is 13.0. The summed E-state index contributed by atoms with van der Waals surface area (Å²) in [6, 6.07) is 16.7. The van der Waals surface area contributed by atoms with Crippen LogP contribution in [0.3, 0.4) is 0 Å². The van der Waals surface area contributed by atoms with Crippen LogP contribution >= 0.6 is 11.8 Å².